The molecule has 0 spiro atoms. The van der Waals surface area contributed by atoms with Crippen molar-refractivity contribution >= 4 is 27.5 Å². The number of piperazine rings is 1. The second kappa shape index (κ2) is 10.8. The second-order valence-electron chi connectivity index (χ2n) is 8.48. The third kappa shape index (κ3) is 6.15. The maximum absolute atomic E-state index is 13.3. The van der Waals surface area contributed by atoms with E-state index in [-0.39, 0.29) is 37.6 Å². The lowest BCUT2D eigenvalue weighted by atomic mass is 10.1. The minimum atomic E-state index is -4.62. The van der Waals surface area contributed by atoms with E-state index in [0.717, 1.165) is 27.7 Å². The van der Waals surface area contributed by atoms with Gasteiger partial charge in [-0.15, -0.1) is 0 Å². The second-order valence-corrected chi connectivity index (χ2v) is 10.4. The highest BCUT2D eigenvalue weighted by Crippen LogP contribution is 2.31. The van der Waals surface area contributed by atoms with Gasteiger partial charge in [-0.25, -0.2) is 8.42 Å². The van der Waals surface area contributed by atoms with Gasteiger partial charge in [-0.3, -0.25) is 9.59 Å². The highest BCUT2D eigenvalue weighted by Gasteiger charge is 2.41. The van der Waals surface area contributed by atoms with Crippen LogP contribution in [0, 0.1) is 0 Å². The zero-order valence-electron chi connectivity index (χ0n) is 19.8. The molecule has 2 amide bonds. The first-order chi connectivity index (χ1) is 16.8. The summed E-state index contributed by atoms with van der Waals surface area (Å²) in [5.41, 5.74) is 6.18. The molecule has 3 N–H and O–H groups in total. The van der Waals surface area contributed by atoms with E-state index in [9.17, 15) is 31.2 Å². The van der Waals surface area contributed by atoms with Crippen molar-refractivity contribution in [2.75, 3.05) is 45.2 Å². The molecule has 0 bridgehead atoms. The average molecular weight is 528 g/mol. The van der Waals surface area contributed by atoms with Gasteiger partial charge in [-0.05, 0) is 42.0 Å². The molecule has 1 aliphatic heterocycles. The molecule has 1 fully saturated rings. The molecule has 1 aliphatic rings. The number of nitrogens with two attached hydrogens (primary N) is 1. The van der Waals surface area contributed by atoms with Crippen LogP contribution in [0.1, 0.15) is 11.1 Å². The Balaban J connectivity index is 1.83. The number of anilines is 1. The topological polar surface area (TPSA) is 116 Å². The summed E-state index contributed by atoms with van der Waals surface area (Å²) < 4.78 is 66.3. The van der Waals surface area contributed by atoms with Gasteiger partial charge < -0.3 is 20.9 Å². The summed E-state index contributed by atoms with van der Waals surface area (Å²) >= 11 is 0. The molecule has 0 aliphatic carbocycles. The highest BCUT2D eigenvalue weighted by atomic mass is 32.2. The Morgan fingerprint density at radius 1 is 1.06 bits per heavy atom. The van der Waals surface area contributed by atoms with Crippen molar-refractivity contribution in [2.24, 2.45) is 5.73 Å². The van der Waals surface area contributed by atoms with Crippen LogP contribution in [0.3, 0.4) is 0 Å². The van der Waals surface area contributed by atoms with Crippen LogP contribution < -0.4 is 16.0 Å². The smallest absolute Gasteiger partial charge is 0.378 e. The zero-order valence-corrected chi connectivity index (χ0v) is 20.6. The number of nitrogens with one attached hydrogen (secondary N) is 1. The van der Waals surface area contributed by atoms with Crippen LogP contribution in [-0.4, -0.2) is 75.8 Å². The van der Waals surface area contributed by atoms with E-state index in [4.69, 9.17) is 5.73 Å². The average Bonchev–Trinajstić information content (AvgIpc) is 2.86. The minimum Gasteiger partial charge on any atom is -0.378 e. The molecule has 2 aromatic carbocycles. The predicted molar refractivity (Wildman–Crippen MR) is 127 cm³/mol. The van der Waals surface area contributed by atoms with Gasteiger partial charge in [0, 0.05) is 46.0 Å². The number of hydrogen-bond donors (Lipinski definition) is 2. The Morgan fingerprint density at radius 3 is 2.19 bits per heavy atom. The number of carbonyl (C=O) groups excluding carboxylic acids is 2. The summed E-state index contributed by atoms with van der Waals surface area (Å²) in [7, 11) is -0.564. The van der Waals surface area contributed by atoms with E-state index in [2.05, 4.69) is 5.32 Å². The quantitative estimate of drug-likeness (QED) is 0.560. The van der Waals surface area contributed by atoms with E-state index in [1.807, 2.05) is 43.3 Å². The largest absolute Gasteiger partial charge is 0.416 e. The summed E-state index contributed by atoms with van der Waals surface area (Å²) in [6.45, 7) is -0.655. The van der Waals surface area contributed by atoms with E-state index in [0.29, 0.717) is 12.1 Å². The summed E-state index contributed by atoms with van der Waals surface area (Å²) in [6, 6.07) is 9.14. The van der Waals surface area contributed by atoms with Crippen molar-refractivity contribution in [3.8, 4) is 0 Å². The zero-order chi connectivity index (χ0) is 26.7. The summed E-state index contributed by atoms with van der Waals surface area (Å²) in [4.78, 5) is 28.1. The number of sulfonamides is 1. The van der Waals surface area contributed by atoms with Gasteiger partial charge >= 0.3 is 6.18 Å². The van der Waals surface area contributed by atoms with Crippen molar-refractivity contribution in [1.82, 2.24) is 14.5 Å². The van der Waals surface area contributed by atoms with Gasteiger partial charge in [0.15, 0.2) is 0 Å². The van der Waals surface area contributed by atoms with Crippen LogP contribution in [0.4, 0.5) is 18.9 Å². The Bertz CT molecular complexity index is 1190. The van der Waals surface area contributed by atoms with Gasteiger partial charge in [-0.2, -0.15) is 17.5 Å². The van der Waals surface area contributed by atoms with Crippen LogP contribution >= 0.6 is 0 Å². The van der Waals surface area contributed by atoms with Gasteiger partial charge in [0.25, 0.3) is 0 Å². The molecule has 1 atom stereocenters. The Labute approximate surface area is 207 Å². The number of hydrogen-bond acceptors (Lipinski definition) is 6. The van der Waals surface area contributed by atoms with E-state index < -0.39 is 39.6 Å². The van der Waals surface area contributed by atoms with Crippen molar-refractivity contribution < 1.29 is 31.2 Å². The van der Waals surface area contributed by atoms with Crippen LogP contribution in [0.25, 0.3) is 0 Å². The fourth-order valence-electron chi connectivity index (χ4n) is 3.79. The number of rotatable bonds is 7. The molecule has 196 valence electrons. The van der Waals surface area contributed by atoms with Gasteiger partial charge in [0.05, 0.1) is 17.0 Å². The fourth-order valence-corrected chi connectivity index (χ4v) is 5.36. The third-order valence-electron chi connectivity index (χ3n) is 5.87. The molecule has 1 heterocycles. The van der Waals surface area contributed by atoms with Crippen LogP contribution in [0.2, 0.25) is 0 Å². The first-order valence-corrected chi connectivity index (χ1v) is 12.5. The molecule has 0 saturated carbocycles. The number of halogens is 3. The molecule has 0 radical (unpaired) electrons. The summed E-state index contributed by atoms with van der Waals surface area (Å²) in [6.07, 6.45) is -4.62. The molecular weight excluding hydrogens is 499 g/mol. The molecular formula is C23H28F3N5O4S. The Morgan fingerprint density at radius 2 is 1.67 bits per heavy atom. The molecule has 9 nitrogen and oxygen atoms in total. The third-order valence-corrected chi connectivity index (χ3v) is 7.79. The number of alkyl halides is 3. The number of benzene rings is 2. The van der Waals surface area contributed by atoms with Crippen LogP contribution in [0.5, 0.6) is 0 Å². The molecule has 2 aromatic rings. The lowest BCUT2D eigenvalue weighted by Gasteiger charge is -2.39. The van der Waals surface area contributed by atoms with E-state index in [1.165, 1.54) is 4.90 Å². The predicted octanol–water partition coefficient (Wildman–Crippen LogP) is 1.25. The van der Waals surface area contributed by atoms with E-state index >= 15 is 0 Å². The SMILES string of the molecule is CN(C)c1ccc(CNC(=O)[C@H]2CN(C(=O)CN)CCN2S(=O)(=O)c2ccc(C(F)(F)F)cc2)cc1. The van der Waals surface area contributed by atoms with Crippen molar-refractivity contribution in [2.45, 2.75) is 23.7 Å². The summed E-state index contributed by atoms with van der Waals surface area (Å²) in [5.74, 6) is -1.09. The van der Waals surface area contributed by atoms with Crippen LogP contribution in [-0.2, 0) is 32.3 Å². The number of carbonyl (C=O) groups is 2. The number of nitrogens with zero attached hydrogens (tertiary/aromatic N) is 3. The molecule has 13 heteroatoms. The van der Waals surface area contributed by atoms with Gasteiger partial charge in [0.2, 0.25) is 21.8 Å². The van der Waals surface area contributed by atoms with Crippen LogP contribution in [0.15, 0.2) is 53.4 Å². The fraction of sp³-hybridized carbons (Fsp3) is 0.391. The Hall–Kier alpha value is -3.16. The normalized spacial score (nSPS) is 17.1. The lowest BCUT2D eigenvalue weighted by Crippen LogP contribution is -2.61. The molecule has 0 unspecified atom stereocenters. The van der Waals surface area contributed by atoms with Crippen molar-refractivity contribution in [3.05, 3.63) is 59.7 Å². The minimum absolute atomic E-state index is 0.00826. The maximum atomic E-state index is 13.3. The standard InChI is InChI=1S/C23H28F3N5O4S/c1-29(2)18-7-3-16(4-8-18)14-28-22(33)20-15-30(21(32)13-27)11-12-31(20)36(34,35)19-9-5-17(6-10-19)23(24,25)26/h3-10,20H,11-15,27H2,1-2H3,(H,28,33)/t20-/m1/s1. The summed E-state index contributed by atoms with van der Waals surface area (Å²) in [5, 5.41) is 2.70. The molecule has 1 saturated heterocycles. The van der Waals surface area contributed by atoms with Gasteiger partial charge in [0.1, 0.15) is 6.04 Å². The van der Waals surface area contributed by atoms with E-state index in [1.54, 1.807) is 0 Å². The first kappa shape index (κ1) is 27.4. The Kier molecular flexibility index (Phi) is 8.26. The molecule has 0 aromatic heterocycles. The first-order valence-electron chi connectivity index (χ1n) is 11.1. The number of amides is 2. The highest BCUT2D eigenvalue weighted by molar-refractivity contribution is 7.89. The van der Waals surface area contributed by atoms with Gasteiger partial charge in [-0.1, -0.05) is 12.1 Å². The molecule has 36 heavy (non-hydrogen) atoms. The molecule has 3 rings (SSSR count). The monoisotopic (exact) mass is 527 g/mol. The van der Waals surface area contributed by atoms with Crippen molar-refractivity contribution in [3.63, 3.8) is 0 Å². The van der Waals surface area contributed by atoms with Crippen molar-refractivity contribution in [1.29, 1.82) is 0 Å². The lowest BCUT2D eigenvalue weighted by molar-refractivity contribution is -0.138. The maximum Gasteiger partial charge on any atom is 0.416 e.